The van der Waals surface area contributed by atoms with E-state index in [1.165, 1.54) is 17.2 Å². The number of rotatable bonds is 6. The number of halogens is 1. The van der Waals surface area contributed by atoms with Crippen molar-refractivity contribution in [1.82, 2.24) is 19.5 Å². The van der Waals surface area contributed by atoms with Crippen LogP contribution in [0, 0.1) is 19.7 Å². The van der Waals surface area contributed by atoms with Crippen molar-refractivity contribution in [2.24, 2.45) is 0 Å². The zero-order valence-electron chi connectivity index (χ0n) is 17.7. The SMILES string of the molecule is Cc1ccccc1CSc1nc2ccncc2n1Cc1nc(-c2ccccc2F)oc1C. The fourth-order valence-electron chi connectivity index (χ4n) is 3.60. The summed E-state index contributed by atoms with van der Waals surface area (Å²) < 4.78 is 22.2. The van der Waals surface area contributed by atoms with Crippen molar-refractivity contribution in [2.75, 3.05) is 0 Å². The molecule has 0 N–H and O–H groups in total. The minimum atomic E-state index is -0.355. The number of aromatic nitrogens is 4. The largest absolute Gasteiger partial charge is 0.441 e. The maximum Gasteiger partial charge on any atom is 0.229 e. The van der Waals surface area contributed by atoms with Crippen molar-refractivity contribution in [2.45, 2.75) is 31.3 Å². The summed E-state index contributed by atoms with van der Waals surface area (Å²) in [5.41, 5.74) is 5.43. The maximum atomic E-state index is 14.2. The molecule has 0 unspecified atom stereocenters. The van der Waals surface area contributed by atoms with Crippen LogP contribution in [0.3, 0.4) is 0 Å². The van der Waals surface area contributed by atoms with E-state index in [0.29, 0.717) is 17.9 Å². The lowest BCUT2D eigenvalue weighted by Gasteiger charge is -2.09. The summed E-state index contributed by atoms with van der Waals surface area (Å²) in [6.45, 7) is 4.43. The van der Waals surface area contributed by atoms with Gasteiger partial charge in [0.15, 0.2) is 5.16 Å². The standard InChI is InChI=1S/C25H21FN4OS/c1-16-7-3-4-8-18(16)15-32-25-29-21-11-12-27-13-23(21)30(25)14-22-17(2)31-24(28-22)19-9-5-6-10-20(19)26/h3-13H,14-15H2,1-2H3. The first-order chi connectivity index (χ1) is 15.6. The van der Waals surface area contributed by atoms with Crippen LogP contribution in [0.4, 0.5) is 4.39 Å². The molecule has 0 aliphatic carbocycles. The lowest BCUT2D eigenvalue weighted by molar-refractivity contribution is 0.530. The number of thioether (sulfide) groups is 1. The fourth-order valence-corrected chi connectivity index (χ4v) is 4.69. The summed E-state index contributed by atoms with van der Waals surface area (Å²) in [4.78, 5) is 13.7. The van der Waals surface area contributed by atoms with Gasteiger partial charge in [0, 0.05) is 11.9 Å². The van der Waals surface area contributed by atoms with Crippen LogP contribution in [-0.2, 0) is 12.3 Å². The summed E-state index contributed by atoms with van der Waals surface area (Å²) in [5.74, 6) is 1.39. The Labute approximate surface area is 189 Å². The molecule has 0 fully saturated rings. The molecule has 0 aliphatic heterocycles. The summed E-state index contributed by atoms with van der Waals surface area (Å²) >= 11 is 1.68. The first-order valence-corrected chi connectivity index (χ1v) is 11.3. The van der Waals surface area contributed by atoms with Gasteiger partial charge in [0.1, 0.15) is 17.3 Å². The van der Waals surface area contributed by atoms with Crippen LogP contribution in [0.15, 0.2) is 76.6 Å². The molecule has 5 aromatic rings. The Kier molecular flexibility index (Phi) is 5.49. The van der Waals surface area contributed by atoms with Crippen molar-refractivity contribution < 1.29 is 8.81 Å². The van der Waals surface area contributed by atoms with Crippen LogP contribution < -0.4 is 0 Å². The number of imidazole rings is 1. The molecule has 5 nitrogen and oxygen atoms in total. The molecule has 3 aromatic heterocycles. The van der Waals surface area contributed by atoms with Crippen LogP contribution in [0.5, 0.6) is 0 Å². The quantitative estimate of drug-likeness (QED) is 0.293. The number of hydrogen-bond donors (Lipinski definition) is 0. The van der Waals surface area contributed by atoms with Crippen molar-refractivity contribution in [3.05, 3.63) is 95.4 Å². The number of oxazole rings is 1. The van der Waals surface area contributed by atoms with Gasteiger partial charge in [0.2, 0.25) is 5.89 Å². The summed E-state index contributed by atoms with van der Waals surface area (Å²) in [7, 11) is 0. The molecule has 3 heterocycles. The van der Waals surface area contributed by atoms with E-state index in [1.54, 1.807) is 36.2 Å². The summed E-state index contributed by atoms with van der Waals surface area (Å²) in [6.07, 6.45) is 3.56. The molecule has 2 aromatic carbocycles. The Morgan fingerprint density at radius 2 is 1.81 bits per heavy atom. The van der Waals surface area contributed by atoms with E-state index in [0.717, 1.165) is 27.6 Å². The normalized spacial score (nSPS) is 11.3. The Bertz CT molecular complexity index is 1410. The fraction of sp³-hybridized carbons (Fsp3) is 0.160. The van der Waals surface area contributed by atoms with E-state index in [2.05, 4.69) is 39.7 Å². The third-order valence-corrected chi connectivity index (χ3v) is 6.46. The highest BCUT2D eigenvalue weighted by molar-refractivity contribution is 7.98. The predicted molar refractivity (Wildman–Crippen MR) is 124 cm³/mol. The highest BCUT2D eigenvalue weighted by atomic mass is 32.2. The van der Waals surface area contributed by atoms with Gasteiger partial charge in [0.05, 0.1) is 29.3 Å². The molecule has 32 heavy (non-hydrogen) atoms. The molecule has 0 aliphatic rings. The second-order valence-corrected chi connectivity index (χ2v) is 8.50. The average Bonchev–Trinajstić information content (AvgIpc) is 3.34. The smallest absolute Gasteiger partial charge is 0.229 e. The number of hydrogen-bond acceptors (Lipinski definition) is 5. The van der Waals surface area contributed by atoms with Gasteiger partial charge in [-0.1, -0.05) is 48.2 Å². The van der Waals surface area contributed by atoms with E-state index >= 15 is 0 Å². The molecule has 160 valence electrons. The van der Waals surface area contributed by atoms with Gasteiger partial charge in [-0.15, -0.1) is 0 Å². The van der Waals surface area contributed by atoms with Crippen molar-refractivity contribution in [1.29, 1.82) is 0 Å². The number of aryl methyl sites for hydroxylation is 2. The third-order valence-electron chi connectivity index (χ3n) is 5.44. The van der Waals surface area contributed by atoms with E-state index in [1.807, 2.05) is 25.3 Å². The van der Waals surface area contributed by atoms with Gasteiger partial charge >= 0.3 is 0 Å². The minimum absolute atomic E-state index is 0.284. The number of benzene rings is 2. The first kappa shape index (κ1) is 20.5. The second-order valence-electron chi connectivity index (χ2n) is 7.56. The number of pyridine rings is 1. The molecule has 0 radical (unpaired) electrons. The minimum Gasteiger partial charge on any atom is -0.441 e. The molecule has 0 amide bonds. The predicted octanol–water partition coefficient (Wildman–Crippen LogP) is 6.18. The molecule has 0 atom stereocenters. The first-order valence-electron chi connectivity index (χ1n) is 10.3. The van der Waals surface area contributed by atoms with Gasteiger partial charge in [0.25, 0.3) is 0 Å². The van der Waals surface area contributed by atoms with Crippen LogP contribution in [0.25, 0.3) is 22.5 Å². The van der Waals surface area contributed by atoms with Gasteiger partial charge < -0.3 is 8.98 Å². The van der Waals surface area contributed by atoms with E-state index < -0.39 is 0 Å². The highest BCUT2D eigenvalue weighted by Crippen LogP contribution is 2.30. The Hall–Kier alpha value is -3.45. The van der Waals surface area contributed by atoms with Crippen molar-refractivity contribution >= 4 is 22.8 Å². The topological polar surface area (TPSA) is 56.7 Å². The molecular weight excluding hydrogens is 423 g/mol. The Balaban J connectivity index is 1.50. The molecule has 5 rings (SSSR count). The van der Waals surface area contributed by atoms with Crippen LogP contribution in [-0.4, -0.2) is 19.5 Å². The lowest BCUT2D eigenvalue weighted by Crippen LogP contribution is -2.04. The molecule has 0 bridgehead atoms. The van der Waals surface area contributed by atoms with Crippen molar-refractivity contribution in [3.8, 4) is 11.5 Å². The lowest BCUT2D eigenvalue weighted by atomic mass is 10.1. The summed E-state index contributed by atoms with van der Waals surface area (Å²) in [5, 5.41) is 0.881. The van der Waals surface area contributed by atoms with Gasteiger partial charge in [-0.25, -0.2) is 14.4 Å². The molecule has 0 saturated carbocycles. The van der Waals surface area contributed by atoms with Crippen LogP contribution in [0.1, 0.15) is 22.6 Å². The van der Waals surface area contributed by atoms with Crippen LogP contribution >= 0.6 is 11.8 Å². The van der Waals surface area contributed by atoms with Gasteiger partial charge in [-0.3, -0.25) is 4.98 Å². The Morgan fingerprint density at radius 1 is 1.00 bits per heavy atom. The molecular formula is C25H21FN4OS. The van der Waals surface area contributed by atoms with E-state index in [-0.39, 0.29) is 11.7 Å². The average molecular weight is 445 g/mol. The monoisotopic (exact) mass is 444 g/mol. The highest BCUT2D eigenvalue weighted by Gasteiger charge is 2.18. The maximum absolute atomic E-state index is 14.2. The zero-order valence-corrected chi connectivity index (χ0v) is 18.6. The van der Waals surface area contributed by atoms with E-state index in [4.69, 9.17) is 9.40 Å². The summed E-state index contributed by atoms with van der Waals surface area (Å²) in [6, 6.07) is 16.8. The Morgan fingerprint density at radius 3 is 2.66 bits per heavy atom. The van der Waals surface area contributed by atoms with Crippen molar-refractivity contribution in [3.63, 3.8) is 0 Å². The second kappa shape index (κ2) is 8.59. The van der Waals surface area contributed by atoms with E-state index in [9.17, 15) is 4.39 Å². The molecule has 0 spiro atoms. The number of nitrogens with zero attached hydrogens (tertiary/aromatic N) is 4. The third kappa shape index (κ3) is 3.91. The number of fused-ring (bicyclic) bond motifs is 1. The van der Waals surface area contributed by atoms with Crippen LogP contribution in [0.2, 0.25) is 0 Å². The molecule has 0 saturated heterocycles. The zero-order chi connectivity index (χ0) is 22.1. The van der Waals surface area contributed by atoms with Gasteiger partial charge in [-0.05, 0) is 43.2 Å². The molecule has 7 heteroatoms. The van der Waals surface area contributed by atoms with Gasteiger partial charge in [-0.2, -0.15) is 0 Å².